The van der Waals surface area contributed by atoms with Gasteiger partial charge in [0.15, 0.2) is 0 Å². The highest BCUT2D eigenvalue weighted by molar-refractivity contribution is 7.89. The van der Waals surface area contributed by atoms with Gasteiger partial charge in [-0.15, -0.1) is 0 Å². The summed E-state index contributed by atoms with van der Waals surface area (Å²) in [5.74, 6) is -0.440. The van der Waals surface area contributed by atoms with Gasteiger partial charge < -0.3 is 5.11 Å². The van der Waals surface area contributed by atoms with Crippen LogP contribution in [0, 0.1) is 19.7 Å². The first-order valence-corrected chi connectivity index (χ1v) is 8.62. The van der Waals surface area contributed by atoms with Crippen LogP contribution in [0.15, 0.2) is 17.0 Å². The van der Waals surface area contributed by atoms with Crippen molar-refractivity contribution in [1.82, 2.24) is 4.31 Å². The Balaban J connectivity index is 2.42. The molecule has 0 bridgehead atoms. The van der Waals surface area contributed by atoms with E-state index in [9.17, 15) is 17.9 Å². The number of rotatable bonds is 3. The van der Waals surface area contributed by atoms with Gasteiger partial charge in [-0.1, -0.05) is 12.8 Å². The Kier molecular flexibility index (Phi) is 4.70. The summed E-state index contributed by atoms with van der Waals surface area (Å²) in [6.07, 6.45) is 2.45. The van der Waals surface area contributed by atoms with E-state index in [1.807, 2.05) is 0 Å². The van der Waals surface area contributed by atoms with E-state index in [-0.39, 0.29) is 4.90 Å². The molecule has 1 aliphatic carbocycles. The minimum Gasteiger partial charge on any atom is -0.391 e. The molecule has 0 spiro atoms. The molecule has 1 saturated carbocycles. The highest BCUT2D eigenvalue weighted by atomic mass is 32.2. The topological polar surface area (TPSA) is 57.6 Å². The van der Waals surface area contributed by atoms with Gasteiger partial charge in [0.1, 0.15) is 5.82 Å². The largest absolute Gasteiger partial charge is 0.391 e. The Labute approximate surface area is 125 Å². The third-order valence-corrected chi connectivity index (χ3v) is 6.41. The molecule has 0 aromatic heterocycles. The number of halogens is 1. The van der Waals surface area contributed by atoms with Crippen molar-refractivity contribution in [2.75, 3.05) is 7.05 Å². The molecule has 2 unspecified atom stereocenters. The molecule has 4 nitrogen and oxygen atoms in total. The van der Waals surface area contributed by atoms with Crippen molar-refractivity contribution in [3.8, 4) is 0 Å². The number of benzene rings is 1. The van der Waals surface area contributed by atoms with Crippen LogP contribution in [-0.2, 0) is 10.0 Å². The zero-order valence-corrected chi connectivity index (χ0v) is 13.5. The lowest BCUT2D eigenvalue weighted by Gasteiger charge is -2.34. The van der Waals surface area contributed by atoms with E-state index in [2.05, 4.69) is 0 Å². The molecule has 1 fully saturated rings. The maximum absolute atomic E-state index is 13.4. The molecule has 0 saturated heterocycles. The van der Waals surface area contributed by atoms with E-state index in [1.165, 1.54) is 23.5 Å². The molecule has 6 heteroatoms. The Morgan fingerprint density at radius 1 is 1.19 bits per heavy atom. The normalized spacial score (nSPS) is 23.5. The van der Waals surface area contributed by atoms with Gasteiger partial charge in [-0.3, -0.25) is 0 Å². The third-order valence-electron chi connectivity index (χ3n) is 4.22. The van der Waals surface area contributed by atoms with Crippen molar-refractivity contribution in [1.29, 1.82) is 0 Å². The molecule has 1 aliphatic rings. The van der Waals surface area contributed by atoms with Crippen LogP contribution in [0.2, 0.25) is 0 Å². The van der Waals surface area contributed by atoms with Gasteiger partial charge in [0.05, 0.1) is 17.0 Å². The zero-order valence-electron chi connectivity index (χ0n) is 12.6. The molecule has 1 N–H and O–H groups in total. The molecule has 21 heavy (non-hydrogen) atoms. The molecule has 0 radical (unpaired) electrons. The molecule has 0 aliphatic heterocycles. The zero-order chi connectivity index (χ0) is 15.8. The summed E-state index contributed by atoms with van der Waals surface area (Å²) in [4.78, 5) is 0.143. The smallest absolute Gasteiger partial charge is 0.243 e. The monoisotopic (exact) mass is 315 g/mol. The molecule has 0 amide bonds. The fourth-order valence-electron chi connectivity index (χ4n) is 3.14. The third kappa shape index (κ3) is 3.12. The molecule has 0 heterocycles. The Hall–Kier alpha value is -0.980. The standard InChI is InChI=1S/C15H22FNO3S/c1-10-8-12(16)9-11(2)15(10)21(19,20)17(3)13-6-4-5-7-14(13)18/h8-9,13-14,18H,4-7H2,1-3H3. The summed E-state index contributed by atoms with van der Waals surface area (Å²) < 4.78 is 40.3. The summed E-state index contributed by atoms with van der Waals surface area (Å²) in [5, 5.41) is 10.1. The molecular formula is C15H22FNO3S. The van der Waals surface area contributed by atoms with Gasteiger partial charge in [-0.05, 0) is 49.9 Å². The summed E-state index contributed by atoms with van der Waals surface area (Å²) in [6.45, 7) is 3.18. The summed E-state index contributed by atoms with van der Waals surface area (Å²) >= 11 is 0. The highest BCUT2D eigenvalue weighted by Crippen LogP contribution is 2.30. The van der Waals surface area contributed by atoms with Crippen molar-refractivity contribution in [2.24, 2.45) is 0 Å². The predicted molar refractivity (Wildman–Crippen MR) is 79.1 cm³/mol. The Morgan fingerprint density at radius 3 is 2.24 bits per heavy atom. The fraction of sp³-hybridized carbons (Fsp3) is 0.600. The first-order chi connectivity index (χ1) is 9.75. The van der Waals surface area contributed by atoms with Crippen LogP contribution in [0.3, 0.4) is 0 Å². The second-order valence-electron chi connectivity index (χ2n) is 5.81. The summed E-state index contributed by atoms with van der Waals surface area (Å²) in [6, 6.07) is 2.04. The second-order valence-corrected chi connectivity index (χ2v) is 7.74. The summed E-state index contributed by atoms with van der Waals surface area (Å²) in [7, 11) is -2.25. The SMILES string of the molecule is Cc1cc(F)cc(C)c1S(=O)(=O)N(C)C1CCCCC1O. The number of hydrogen-bond acceptors (Lipinski definition) is 3. The van der Waals surface area contributed by atoms with E-state index in [0.717, 1.165) is 12.8 Å². The van der Waals surface area contributed by atoms with E-state index in [1.54, 1.807) is 13.8 Å². The number of hydrogen-bond donors (Lipinski definition) is 1. The van der Waals surface area contributed by atoms with Gasteiger partial charge in [-0.25, -0.2) is 12.8 Å². The summed E-state index contributed by atoms with van der Waals surface area (Å²) in [5.41, 5.74) is 0.786. The van der Waals surface area contributed by atoms with Crippen LogP contribution in [0.1, 0.15) is 36.8 Å². The Morgan fingerprint density at radius 2 is 1.71 bits per heavy atom. The predicted octanol–water partition coefficient (Wildman–Crippen LogP) is 2.37. The minimum atomic E-state index is -3.74. The van der Waals surface area contributed by atoms with E-state index >= 15 is 0 Å². The van der Waals surface area contributed by atoms with Crippen molar-refractivity contribution >= 4 is 10.0 Å². The molecule has 2 atom stereocenters. The van der Waals surface area contributed by atoms with Crippen LogP contribution in [-0.4, -0.2) is 37.0 Å². The average Bonchev–Trinajstić information content (AvgIpc) is 2.36. The average molecular weight is 315 g/mol. The maximum Gasteiger partial charge on any atom is 0.243 e. The van der Waals surface area contributed by atoms with Gasteiger partial charge in [0.2, 0.25) is 10.0 Å². The van der Waals surface area contributed by atoms with Crippen molar-refractivity contribution < 1.29 is 17.9 Å². The highest BCUT2D eigenvalue weighted by Gasteiger charge is 2.35. The van der Waals surface area contributed by atoms with Crippen molar-refractivity contribution in [3.05, 3.63) is 29.1 Å². The number of aliphatic hydroxyl groups excluding tert-OH is 1. The van der Waals surface area contributed by atoms with Crippen LogP contribution in [0.4, 0.5) is 4.39 Å². The number of sulfonamides is 1. The number of nitrogens with zero attached hydrogens (tertiary/aromatic N) is 1. The molecule has 2 rings (SSSR count). The minimum absolute atomic E-state index is 0.143. The number of likely N-dealkylation sites (N-methyl/N-ethyl adjacent to an activating group) is 1. The Bertz CT molecular complexity index is 607. The van der Waals surface area contributed by atoms with Crippen LogP contribution >= 0.6 is 0 Å². The van der Waals surface area contributed by atoms with E-state index in [4.69, 9.17) is 0 Å². The number of aliphatic hydroxyl groups is 1. The maximum atomic E-state index is 13.4. The molecule has 1 aromatic rings. The van der Waals surface area contributed by atoms with Gasteiger partial charge in [0.25, 0.3) is 0 Å². The second kappa shape index (κ2) is 6.02. The van der Waals surface area contributed by atoms with Crippen LogP contribution in [0.5, 0.6) is 0 Å². The van der Waals surface area contributed by atoms with Gasteiger partial charge in [-0.2, -0.15) is 4.31 Å². The van der Waals surface area contributed by atoms with E-state index < -0.39 is 28.0 Å². The van der Waals surface area contributed by atoms with Crippen LogP contribution in [0.25, 0.3) is 0 Å². The molecular weight excluding hydrogens is 293 g/mol. The van der Waals surface area contributed by atoms with E-state index in [0.29, 0.717) is 24.0 Å². The molecule has 118 valence electrons. The number of aryl methyl sites for hydroxylation is 2. The lowest BCUT2D eigenvalue weighted by atomic mass is 9.93. The van der Waals surface area contributed by atoms with Crippen molar-refractivity contribution in [2.45, 2.75) is 56.6 Å². The first kappa shape index (κ1) is 16.4. The van der Waals surface area contributed by atoms with Crippen LogP contribution < -0.4 is 0 Å². The lowest BCUT2D eigenvalue weighted by molar-refractivity contribution is 0.0637. The first-order valence-electron chi connectivity index (χ1n) is 7.18. The van der Waals surface area contributed by atoms with Gasteiger partial charge in [0, 0.05) is 7.05 Å². The quantitative estimate of drug-likeness (QED) is 0.931. The molecule has 1 aromatic carbocycles. The fourth-order valence-corrected chi connectivity index (χ4v) is 4.96. The lowest BCUT2D eigenvalue weighted by Crippen LogP contribution is -2.46. The van der Waals surface area contributed by atoms with Crippen molar-refractivity contribution in [3.63, 3.8) is 0 Å². The van der Waals surface area contributed by atoms with Gasteiger partial charge >= 0.3 is 0 Å².